The Bertz CT molecular complexity index is 3700. The van der Waals surface area contributed by atoms with Crippen LogP contribution in [0.2, 0.25) is 0 Å². The summed E-state index contributed by atoms with van der Waals surface area (Å²) in [4.78, 5) is 10.7. The smallest absolute Gasteiger partial charge is 0.220 e. The van der Waals surface area contributed by atoms with E-state index in [9.17, 15) is 0 Å². The molecule has 0 radical (unpaired) electrons. The van der Waals surface area contributed by atoms with Crippen molar-refractivity contribution in [1.29, 1.82) is 0 Å². The number of para-hydroxylation sites is 2. The molecule has 8 nitrogen and oxygen atoms in total. The maximum atomic E-state index is 5.39. The minimum atomic E-state index is -0.212. The van der Waals surface area contributed by atoms with E-state index in [4.69, 9.17) is 15.1 Å². The second-order valence-corrected chi connectivity index (χ2v) is 20.9. The first kappa shape index (κ1) is 37.8. The lowest BCUT2D eigenvalue weighted by Gasteiger charge is -2.47. The van der Waals surface area contributed by atoms with E-state index in [2.05, 4.69) is 225 Å². The summed E-state index contributed by atoms with van der Waals surface area (Å²) in [5.74, 6) is 1.76. The predicted octanol–water partition coefficient (Wildman–Crippen LogP) is 13.2. The maximum Gasteiger partial charge on any atom is 0.220 e. The summed E-state index contributed by atoms with van der Waals surface area (Å²) in [5, 5.41) is 5.16. The maximum absolute atomic E-state index is 5.39. The van der Waals surface area contributed by atoms with Crippen LogP contribution in [0.4, 0.5) is 0 Å². The molecule has 0 fully saturated rings. The van der Waals surface area contributed by atoms with Gasteiger partial charge in [0.25, 0.3) is 0 Å². The van der Waals surface area contributed by atoms with Crippen molar-refractivity contribution in [3.05, 3.63) is 156 Å². The molecule has 11 aromatic rings. The zero-order valence-electron chi connectivity index (χ0n) is 37.8. The number of rotatable bonds is 3. The van der Waals surface area contributed by atoms with Gasteiger partial charge in [0.15, 0.2) is 0 Å². The average Bonchev–Trinajstić information content (AvgIpc) is 4.07. The first-order valence-electron chi connectivity index (χ1n) is 22.2. The molecule has 5 aromatic heterocycles. The minimum Gasteiger partial charge on any atom is -0.278 e. The average molecular weight is 825 g/mol. The van der Waals surface area contributed by atoms with Gasteiger partial charge in [-0.1, -0.05) is 130 Å². The predicted molar refractivity (Wildman–Crippen MR) is 259 cm³/mol. The van der Waals surface area contributed by atoms with Gasteiger partial charge >= 0.3 is 0 Å². The molecule has 0 bridgehead atoms. The molecule has 1 aliphatic heterocycles. The monoisotopic (exact) mass is 824 g/mol. The fraction of sp³-hybridized carbons (Fsp3) is 0.255. The highest BCUT2D eigenvalue weighted by atomic mass is 15.3. The van der Waals surface area contributed by atoms with E-state index >= 15 is 0 Å². The molecule has 0 spiro atoms. The topological polar surface area (TPSA) is 62.3 Å². The third-order valence-electron chi connectivity index (χ3n) is 14.6. The lowest BCUT2D eigenvalue weighted by atomic mass is 9.59. The highest BCUT2D eigenvalue weighted by Crippen LogP contribution is 2.53. The van der Waals surface area contributed by atoms with Gasteiger partial charge in [-0.05, 0) is 99.8 Å². The molecule has 0 atom stereocenters. The van der Waals surface area contributed by atoms with Crippen LogP contribution in [-0.2, 0) is 21.7 Å². The van der Waals surface area contributed by atoms with Crippen LogP contribution in [0.3, 0.4) is 0 Å². The van der Waals surface area contributed by atoms with Gasteiger partial charge in [0.2, 0.25) is 11.6 Å². The highest BCUT2D eigenvalue weighted by molar-refractivity contribution is 5.96. The largest absolute Gasteiger partial charge is 0.278 e. The van der Waals surface area contributed by atoms with Crippen molar-refractivity contribution >= 4 is 55.7 Å². The summed E-state index contributed by atoms with van der Waals surface area (Å²) in [7, 11) is 0. The SMILES string of the molecule is CC(C)(C)c1ccc2nc3n(-c4ccc5c(c4)n(-c4ccc6c(c4)-n4ncc(-c7ccccc7)c4C(C)(C)C6(C)C)c4nc6ccccc6n54)c4ccc(C(C)(C)C)cc4n3c2c1. The molecule has 0 unspecified atom stereocenters. The van der Waals surface area contributed by atoms with Gasteiger partial charge in [-0.3, -0.25) is 17.9 Å². The van der Waals surface area contributed by atoms with Crippen molar-refractivity contribution < 1.29 is 0 Å². The lowest BCUT2D eigenvalue weighted by molar-refractivity contribution is 0.276. The van der Waals surface area contributed by atoms with E-state index in [0.717, 1.165) is 72.8 Å². The molecule has 0 aliphatic carbocycles. The lowest BCUT2D eigenvalue weighted by Crippen LogP contribution is -2.46. The zero-order chi connectivity index (χ0) is 43.5. The van der Waals surface area contributed by atoms with E-state index < -0.39 is 0 Å². The molecular weight excluding hydrogens is 773 g/mol. The van der Waals surface area contributed by atoms with Gasteiger partial charge in [-0.15, -0.1) is 0 Å². The van der Waals surface area contributed by atoms with Gasteiger partial charge in [-0.2, -0.15) is 5.10 Å². The number of fused-ring (bicyclic) bond motifs is 13. The Morgan fingerprint density at radius 2 is 1.06 bits per heavy atom. The number of nitrogens with zero attached hydrogens (tertiary/aromatic N) is 8. The van der Waals surface area contributed by atoms with Gasteiger partial charge < -0.3 is 0 Å². The molecule has 6 heterocycles. The zero-order valence-corrected chi connectivity index (χ0v) is 37.8. The number of aromatic nitrogens is 8. The molecule has 63 heavy (non-hydrogen) atoms. The van der Waals surface area contributed by atoms with E-state index in [0.29, 0.717) is 0 Å². The summed E-state index contributed by atoms with van der Waals surface area (Å²) < 4.78 is 11.6. The minimum absolute atomic E-state index is 0.00271. The van der Waals surface area contributed by atoms with Crippen molar-refractivity contribution in [2.24, 2.45) is 0 Å². The number of benzene rings is 6. The first-order valence-corrected chi connectivity index (χ1v) is 22.2. The molecule has 12 rings (SSSR count). The van der Waals surface area contributed by atoms with E-state index in [1.807, 2.05) is 0 Å². The van der Waals surface area contributed by atoms with Crippen LogP contribution in [0.15, 0.2) is 134 Å². The van der Waals surface area contributed by atoms with Crippen molar-refractivity contribution in [2.75, 3.05) is 0 Å². The number of hydrogen-bond acceptors (Lipinski definition) is 3. The summed E-state index contributed by atoms with van der Waals surface area (Å²) in [5.41, 5.74) is 18.7. The second-order valence-electron chi connectivity index (χ2n) is 20.9. The molecule has 6 aromatic carbocycles. The second kappa shape index (κ2) is 12.4. The van der Waals surface area contributed by atoms with Crippen molar-refractivity contribution in [3.63, 3.8) is 0 Å². The summed E-state index contributed by atoms with van der Waals surface area (Å²) >= 11 is 0. The van der Waals surface area contributed by atoms with E-state index in [1.165, 1.54) is 33.5 Å². The van der Waals surface area contributed by atoms with Crippen LogP contribution < -0.4 is 0 Å². The number of hydrogen-bond donors (Lipinski definition) is 0. The molecule has 0 saturated heterocycles. The Kier molecular flexibility index (Phi) is 7.42. The molecule has 0 N–H and O–H groups in total. The van der Waals surface area contributed by atoms with Crippen LogP contribution in [0, 0.1) is 0 Å². The third kappa shape index (κ3) is 5.12. The highest BCUT2D eigenvalue weighted by Gasteiger charge is 2.48. The third-order valence-corrected chi connectivity index (χ3v) is 14.6. The standard InChI is InChI=1S/C55H52N8/c1-52(2,3)34-20-25-41-46(28-34)62-47-29-35(53(4,5)6)21-26-43(47)59(50(62)58-41)37-23-27-44-48(31-37)60(51-57-40-18-14-15-19-42(40)61(44)51)36-22-24-39-45(30-36)63-49(55(9,10)54(39,7)8)38(32-56-63)33-16-12-11-13-17-33/h11-32H,1-10H3. The van der Waals surface area contributed by atoms with Crippen LogP contribution in [-0.4, -0.2) is 37.7 Å². The quantitative estimate of drug-likeness (QED) is 0.178. The summed E-state index contributed by atoms with van der Waals surface area (Å²) in [6, 6.07) is 46.6. The van der Waals surface area contributed by atoms with Crippen LogP contribution in [0.25, 0.3) is 83.9 Å². The van der Waals surface area contributed by atoms with Crippen molar-refractivity contribution in [2.45, 2.75) is 90.9 Å². The Morgan fingerprint density at radius 1 is 0.476 bits per heavy atom. The van der Waals surface area contributed by atoms with Crippen LogP contribution in [0.5, 0.6) is 0 Å². The van der Waals surface area contributed by atoms with E-state index in [-0.39, 0.29) is 21.7 Å². The Morgan fingerprint density at radius 3 is 1.79 bits per heavy atom. The Hall–Kier alpha value is -6.93. The molecule has 0 amide bonds. The first-order chi connectivity index (χ1) is 30.0. The van der Waals surface area contributed by atoms with Gasteiger partial charge in [-0.25, -0.2) is 14.6 Å². The fourth-order valence-corrected chi connectivity index (χ4v) is 10.4. The summed E-state index contributed by atoms with van der Waals surface area (Å²) in [6.07, 6.45) is 2.05. The Labute approximate surface area is 367 Å². The number of imidazole rings is 4. The molecular formula is C55H52N8. The van der Waals surface area contributed by atoms with Crippen molar-refractivity contribution in [1.82, 2.24) is 37.7 Å². The van der Waals surface area contributed by atoms with Gasteiger partial charge in [0.05, 0.1) is 73.1 Å². The fourth-order valence-electron chi connectivity index (χ4n) is 10.4. The van der Waals surface area contributed by atoms with Crippen LogP contribution >= 0.6 is 0 Å². The molecule has 312 valence electrons. The molecule has 1 aliphatic rings. The van der Waals surface area contributed by atoms with E-state index in [1.54, 1.807) is 0 Å². The summed E-state index contributed by atoms with van der Waals surface area (Å²) in [6.45, 7) is 23.2. The van der Waals surface area contributed by atoms with Crippen molar-refractivity contribution in [3.8, 4) is 28.2 Å². The van der Waals surface area contributed by atoms with Gasteiger partial charge in [0, 0.05) is 16.4 Å². The normalized spacial score (nSPS) is 15.1. The van der Waals surface area contributed by atoms with Crippen LogP contribution in [0.1, 0.15) is 91.6 Å². The van der Waals surface area contributed by atoms with Gasteiger partial charge in [0.1, 0.15) is 0 Å². The molecule has 8 heteroatoms. The molecule has 0 saturated carbocycles. The Balaban J connectivity index is 1.14.